The van der Waals surface area contributed by atoms with E-state index in [-0.39, 0.29) is 12.1 Å². The third-order valence-corrected chi connectivity index (χ3v) is 2.35. The van der Waals surface area contributed by atoms with Crippen LogP contribution >= 0.6 is 15.9 Å². The predicted molar refractivity (Wildman–Crippen MR) is 56.6 cm³/mol. The number of nitrogens with zero attached hydrogens (tertiary/aromatic N) is 2. The van der Waals surface area contributed by atoms with Crippen LogP contribution in [0, 0.1) is 20.2 Å². The Morgan fingerprint density at radius 2 is 2.13 bits per heavy atom. The van der Waals surface area contributed by atoms with E-state index in [0.29, 0.717) is 0 Å². The van der Waals surface area contributed by atoms with E-state index in [9.17, 15) is 20.2 Å². The molecule has 0 bridgehead atoms. The third-order valence-electron chi connectivity index (χ3n) is 2.08. The first kappa shape index (κ1) is 11.6. The first-order valence-corrected chi connectivity index (χ1v) is 4.89. The lowest BCUT2D eigenvalue weighted by Crippen LogP contribution is -2.34. The van der Waals surface area contributed by atoms with Crippen molar-refractivity contribution in [3.05, 3.63) is 55.2 Å². The van der Waals surface area contributed by atoms with E-state index in [1.165, 1.54) is 23.2 Å². The average molecular weight is 275 g/mol. The molecule has 1 aliphatic rings. The van der Waals surface area contributed by atoms with Crippen LogP contribution in [0.2, 0.25) is 0 Å². The van der Waals surface area contributed by atoms with Gasteiger partial charge in [-0.2, -0.15) is 0 Å². The minimum Gasteiger partial charge on any atom is -0.263 e. The summed E-state index contributed by atoms with van der Waals surface area (Å²) in [6.07, 6.45) is 4.95. The Labute approximate surface area is 93.4 Å². The van der Waals surface area contributed by atoms with Crippen molar-refractivity contribution in [3.8, 4) is 0 Å². The summed E-state index contributed by atoms with van der Waals surface area (Å²) in [6.45, 7) is 0. The second-order valence-corrected chi connectivity index (χ2v) is 3.49. The van der Waals surface area contributed by atoms with Crippen molar-refractivity contribution < 1.29 is 9.85 Å². The van der Waals surface area contributed by atoms with Gasteiger partial charge in [0.15, 0.2) is 0 Å². The molecular weight excluding hydrogens is 268 g/mol. The van der Waals surface area contributed by atoms with Gasteiger partial charge in [-0.05, 0) is 4.99 Å². The maximum Gasteiger partial charge on any atom is 0.265 e. The molecule has 0 saturated heterocycles. The predicted octanol–water partition coefficient (Wildman–Crippen LogP) is 2.03. The molecular formula is C8H7BrN2O4. The van der Waals surface area contributed by atoms with Gasteiger partial charge in [0.05, 0.1) is 11.3 Å². The van der Waals surface area contributed by atoms with Gasteiger partial charge >= 0.3 is 0 Å². The SMILES string of the molecule is O=[N+]([O-])C1=CCC(C=CBr)([N+](=O)[O-])C=C1. The second kappa shape index (κ2) is 4.35. The zero-order valence-corrected chi connectivity index (χ0v) is 9.09. The van der Waals surface area contributed by atoms with Crippen molar-refractivity contribution in [1.82, 2.24) is 0 Å². The molecule has 1 rings (SSSR count). The average Bonchev–Trinajstić information content (AvgIpc) is 2.18. The molecule has 0 spiro atoms. The minimum absolute atomic E-state index is 0.0189. The van der Waals surface area contributed by atoms with Crippen molar-refractivity contribution >= 4 is 15.9 Å². The molecule has 15 heavy (non-hydrogen) atoms. The number of nitro groups is 2. The maximum atomic E-state index is 10.8. The number of allylic oxidation sites excluding steroid dienone is 1. The number of hydrogen-bond acceptors (Lipinski definition) is 4. The van der Waals surface area contributed by atoms with Gasteiger partial charge in [-0.15, -0.1) is 0 Å². The van der Waals surface area contributed by atoms with Crippen LogP contribution in [0.3, 0.4) is 0 Å². The molecule has 0 aromatic carbocycles. The Morgan fingerprint density at radius 3 is 2.47 bits per heavy atom. The largest absolute Gasteiger partial charge is 0.265 e. The van der Waals surface area contributed by atoms with Crippen LogP contribution in [0.1, 0.15) is 6.42 Å². The first-order chi connectivity index (χ1) is 7.02. The maximum absolute atomic E-state index is 10.8. The molecule has 0 fully saturated rings. The van der Waals surface area contributed by atoms with Crippen molar-refractivity contribution in [2.75, 3.05) is 0 Å². The Morgan fingerprint density at radius 1 is 1.47 bits per heavy atom. The molecule has 0 aromatic rings. The van der Waals surface area contributed by atoms with Crippen LogP contribution in [0.4, 0.5) is 0 Å². The molecule has 80 valence electrons. The van der Waals surface area contributed by atoms with E-state index < -0.39 is 15.4 Å². The quantitative estimate of drug-likeness (QED) is 0.582. The van der Waals surface area contributed by atoms with E-state index in [4.69, 9.17) is 0 Å². The molecule has 0 amide bonds. The van der Waals surface area contributed by atoms with Gasteiger partial charge in [-0.3, -0.25) is 20.2 Å². The van der Waals surface area contributed by atoms with Gasteiger partial charge in [-0.25, -0.2) is 0 Å². The van der Waals surface area contributed by atoms with E-state index >= 15 is 0 Å². The first-order valence-electron chi connectivity index (χ1n) is 3.98. The summed E-state index contributed by atoms with van der Waals surface area (Å²) in [5.74, 6) is 0. The van der Waals surface area contributed by atoms with Crippen LogP contribution in [-0.2, 0) is 0 Å². The van der Waals surface area contributed by atoms with Crippen LogP contribution in [0.5, 0.6) is 0 Å². The lowest BCUT2D eigenvalue weighted by atomic mass is 9.91. The Hall–Kier alpha value is -1.50. The highest BCUT2D eigenvalue weighted by molar-refractivity contribution is 9.11. The van der Waals surface area contributed by atoms with Gasteiger partial charge < -0.3 is 0 Å². The molecule has 0 heterocycles. The Bertz CT molecular complexity index is 388. The molecule has 0 saturated carbocycles. The molecule has 0 N–H and O–H groups in total. The summed E-state index contributed by atoms with van der Waals surface area (Å²) in [5.41, 5.74) is -1.49. The lowest BCUT2D eigenvalue weighted by Gasteiger charge is -2.17. The molecule has 0 aromatic heterocycles. The van der Waals surface area contributed by atoms with Gasteiger partial charge in [0.2, 0.25) is 0 Å². The van der Waals surface area contributed by atoms with Crippen molar-refractivity contribution in [2.24, 2.45) is 0 Å². The van der Waals surface area contributed by atoms with E-state index in [1.54, 1.807) is 0 Å². The third kappa shape index (κ3) is 2.30. The van der Waals surface area contributed by atoms with Crippen molar-refractivity contribution in [1.29, 1.82) is 0 Å². The normalized spacial score (nSPS) is 25.3. The second-order valence-electron chi connectivity index (χ2n) is 2.96. The summed E-state index contributed by atoms with van der Waals surface area (Å²) < 4.78 is 0. The molecule has 7 heteroatoms. The fourth-order valence-corrected chi connectivity index (χ4v) is 1.66. The molecule has 0 aliphatic heterocycles. The van der Waals surface area contributed by atoms with E-state index in [0.717, 1.165) is 6.08 Å². The van der Waals surface area contributed by atoms with Crippen LogP contribution in [0.15, 0.2) is 35.0 Å². The minimum atomic E-state index is -1.37. The monoisotopic (exact) mass is 274 g/mol. The van der Waals surface area contributed by atoms with E-state index in [1.807, 2.05) is 0 Å². The fourth-order valence-electron chi connectivity index (χ4n) is 1.20. The van der Waals surface area contributed by atoms with Crippen LogP contribution < -0.4 is 0 Å². The summed E-state index contributed by atoms with van der Waals surface area (Å²) in [7, 11) is 0. The number of rotatable bonds is 3. The summed E-state index contributed by atoms with van der Waals surface area (Å²) >= 11 is 2.96. The fraction of sp³-hybridized carbons (Fsp3) is 0.250. The zero-order chi connectivity index (χ0) is 11.5. The van der Waals surface area contributed by atoms with Gasteiger partial charge in [0, 0.05) is 29.2 Å². The molecule has 6 nitrogen and oxygen atoms in total. The topological polar surface area (TPSA) is 86.3 Å². The molecule has 1 atom stereocenters. The molecule has 1 aliphatic carbocycles. The standard InChI is InChI=1S/C8H7BrN2O4/c9-6-5-8(11(14)15)3-1-7(2-4-8)10(12)13/h1-3,5-6H,4H2. The number of halogens is 1. The highest BCUT2D eigenvalue weighted by atomic mass is 79.9. The highest BCUT2D eigenvalue weighted by Crippen LogP contribution is 2.26. The molecule has 1 unspecified atom stereocenters. The summed E-state index contributed by atoms with van der Waals surface area (Å²) in [4.78, 5) is 21.5. The Kier molecular flexibility index (Phi) is 3.35. The smallest absolute Gasteiger partial charge is 0.263 e. The number of hydrogen-bond donors (Lipinski definition) is 0. The zero-order valence-electron chi connectivity index (χ0n) is 7.50. The summed E-state index contributed by atoms with van der Waals surface area (Å²) in [6, 6.07) is 0. The summed E-state index contributed by atoms with van der Waals surface area (Å²) in [5, 5.41) is 21.2. The van der Waals surface area contributed by atoms with Crippen LogP contribution in [-0.4, -0.2) is 15.4 Å². The van der Waals surface area contributed by atoms with Gasteiger partial charge in [0.25, 0.3) is 11.2 Å². The Balaban J connectivity index is 2.99. The van der Waals surface area contributed by atoms with Crippen LogP contribution in [0.25, 0.3) is 0 Å². The highest BCUT2D eigenvalue weighted by Gasteiger charge is 2.39. The lowest BCUT2D eigenvalue weighted by molar-refractivity contribution is -0.540. The van der Waals surface area contributed by atoms with Crippen molar-refractivity contribution in [3.63, 3.8) is 0 Å². The van der Waals surface area contributed by atoms with E-state index in [2.05, 4.69) is 15.9 Å². The molecule has 0 radical (unpaired) electrons. The van der Waals surface area contributed by atoms with Crippen molar-refractivity contribution in [2.45, 2.75) is 12.0 Å². The van der Waals surface area contributed by atoms with Gasteiger partial charge in [0.1, 0.15) is 0 Å². The van der Waals surface area contributed by atoms with Gasteiger partial charge in [-0.1, -0.05) is 15.9 Å².